The maximum atomic E-state index is 0. The molecule has 184 valence electrons. The maximum absolute atomic E-state index is 0. The molecule has 0 aromatic rings. The third-order valence-electron chi connectivity index (χ3n) is 0. The van der Waals surface area contributed by atoms with Gasteiger partial charge >= 0.3 is 0 Å². The van der Waals surface area contributed by atoms with Crippen LogP contribution in [0.15, 0.2) is 0 Å². The molecule has 0 spiro atoms. The van der Waals surface area contributed by atoms with Gasteiger partial charge < -0.3 is 0 Å². The Balaban J connectivity index is 0. The topological polar surface area (TPSA) is 0 Å². The van der Waals surface area contributed by atoms with Crippen molar-refractivity contribution < 1.29 is 432 Å². The summed E-state index contributed by atoms with van der Waals surface area (Å²) >= 11 is 0. The summed E-state index contributed by atoms with van der Waals surface area (Å²) in [4.78, 5) is 0. The van der Waals surface area contributed by atoms with Crippen LogP contribution >= 0.6 is 49.5 Å². The van der Waals surface area contributed by atoms with Gasteiger partial charge in [-0.3, -0.25) is 0 Å². The molecule has 0 N–H and O–H groups in total. The predicted octanol–water partition coefficient (Wildman–Crippen LogP) is 0.230. The Morgan fingerprint density at radius 1 is 0.103 bits per heavy atom. The van der Waals surface area contributed by atoms with E-state index in [4.69, 9.17) is 0 Å². The Bertz CT molecular complexity index is 43.2. The molecule has 0 saturated carbocycles. The molecule has 29 heteroatoms. The fourth-order valence-electron chi connectivity index (χ4n) is 0. The van der Waals surface area contributed by atoms with Gasteiger partial charge in [0.1, 0.15) is 0 Å². The second-order valence-corrected chi connectivity index (χ2v) is 0. The zero-order valence-corrected chi connectivity index (χ0v) is 70.3. The zero-order chi connectivity index (χ0) is 0. The summed E-state index contributed by atoms with van der Waals surface area (Å²) in [5, 5.41) is 0. The van der Waals surface area contributed by atoms with Gasteiger partial charge in [-0.15, -0.1) is 0 Å². The van der Waals surface area contributed by atoms with Crippen molar-refractivity contribution >= 4 is 49.5 Å². The Hall–Kier alpha value is 15.6. The monoisotopic (exact) mass is 1630 g/mol. The van der Waals surface area contributed by atoms with Crippen LogP contribution in [0.2, 0.25) is 0 Å². The van der Waals surface area contributed by atoms with Crippen LogP contribution in [0.5, 0.6) is 0 Å². The van der Waals surface area contributed by atoms with E-state index in [0.717, 1.165) is 0 Å². The van der Waals surface area contributed by atoms with Gasteiger partial charge in [-0.1, -0.05) is 0 Å². The minimum absolute atomic E-state index is 0. The van der Waals surface area contributed by atoms with Gasteiger partial charge in [-0.25, -0.2) is 0 Å². The Labute approximate surface area is 469 Å². The molecule has 0 nitrogen and oxygen atoms in total. The Morgan fingerprint density at radius 3 is 0.103 bits per heavy atom. The average Bonchev–Trinajstić information content (AvgIpc) is 0. The van der Waals surface area contributed by atoms with E-state index in [1.54, 1.807) is 0 Å². The molecular formula is H15Ni12P5Zn12. The van der Waals surface area contributed by atoms with E-state index in [9.17, 15) is 0 Å². The second kappa shape index (κ2) is 326. The molecule has 0 bridgehead atoms. The van der Waals surface area contributed by atoms with Crippen molar-refractivity contribution in [2.24, 2.45) is 0 Å². The molecule has 0 aromatic heterocycles. The average molecular weight is 1660 g/mol. The molecule has 0 radical (unpaired) electrons. The minimum Gasteiger partial charge on any atom is -0.153 e. The van der Waals surface area contributed by atoms with E-state index in [1.165, 1.54) is 0 Å². The van der Waals surface area contributed by atoms with Crippen molar-refractivity contribution in [1.82, 2.24) is 0 Å². The fourth-order valence-corrected chi connectivity index (χ4v) is 0. The predicted molar refractivity (Wildman–Crippen MR) is 55.5 cm³/mol. The summed E-state index contributed by atoms with van der Waals surface area (Å²) in [6.07, 6.45) is 0. The first-order chi connectivity index (χ1) is 0. The fraction of sp³-hybridized carbons (Fsp3) is 0. The minimum atomic E-state index is 0. The van der Waals surface area contributed by atoms with E-state index in [2.05, 4.69) is 0 Å². The van der Waals surface area contributed by atoms with E-state index in [0.29, 0.717) is 0 Å². The molecule has 29 heavy (non-hydrogen) atoms. The SMILES string of the molecule is P.P.P.P.P.[Ni].[Ni].[Ni].[Ni].[Ni].[Ni].[Ni].[Ni].[Ni].[Ni].[Ni].[Ni].[Zn].[Zn].[Zn].[Zn].[Zn].[Zn].[Zn].[Zn].[Zn].[Zn].[Zn].[Zn]. The number of rotatable bonds is 0. The molecule has 0 amide bonds. The van der Waals surface area contributed by atoms with Crippen molar-refractivity contribution in [3.63, 3.8) is 0 Å². The van der Waals surface area contributed by atoms with E-state index >= 15 is 0 Å². The molecule has 0 aliphatic heterocycles. The van der Waals surface area contributed by atoms with E-state index < -0.39 is 0 Å². The molecule has 0 aliphatic rings. The van der Waals surface area contributed by atoms with Crippen LogP contribution in [0.1, 0.15) is 0 Å². The number of hydrogen-bond donors (Lipinski definition) is 0. The van der Waals surface area contributed by atoms with Crippen LogP contribution in [0, 0.1) is 0 Å². The smallest absolute Gasteiger partial charge is 0 e. The third-order valence-corrected chi connectivity index (χ3v) is 0. The van der Waals surface area contributed by atoms with Crippen molar-refractivity contribution in [1.29, 1.82) is 0 Å². The summed E-state index contributed by atoms with van der Waals surface area (Å²) in [5.41, 5.74) is 0. The maximum Gasteiger partial charge on any atom is 0 e. The van der Waals surface area contributed by atoms with Gasteiger partial charge in [0.05, 0.1) is 0 Å². The van der Waals surface area contributed by atoms with Gasteiger partial charge in [-0.05, 0) is 0 Å². The molecule has 0 rings (SSSR count). The molecular weight excluding hydrogens is 1640 g/mol. The Morgan fingerprint density at radius 2 is 0.103 bits per heavy atom. The van der Waals surface area contributed by atoms with Crippen LogP contribution in [0.4, 0.5) is 0 Å². The van der Waals surface area contributed by atoms with Crippen molar-refractivity contribution in [3.05, 3.63) is 0 Å². The molecule has 0 saturated heterocycles. The summed E-state index contributed by atoms with van der Waals surface area (Å²) < 4.78 is 0. The first-order valence-electron chi connectivity index (χ1n) is 0. The van der Waals surface area contributed by atoms with Gasteiger partial charge in [0.2, 0.25) is 0 Å². The van der Waals surface area contributed by atoms with Crippen LogP contribution in [-0.2, 0) is 432 Å². The third kappa shape index (κ3) is 311. The molecule has 5 unspecified atom stereocenters. The van der Waals surface area contributed by atoms with Crippen LogP contribution in [0.3, 0.4) is 0 Å². The number of hydrogen-bond acceptors (Lipinski definition) is 0. The first kappa shape index (κ1) is 349. The van der Waals surface area contributed by atoms with Gasteiger partial charge in [-0.2, -0.15) is 49.5 Å². The first-order valence-corrected chi connectivity index (χ1v) is 0. The molecule has 0 fully saturated rings. The molecule has 0 aliphatic carbocycles. The van der Waals surface area contributed by atoms with Crippen molar-refractivity contribution in [2.45, 2.75) is 0 Å². The van der Waals surface area contributed by atoms with Gasteiger partial charge in [0.25, 0.3) is 0 Å². The summed E-state index contributed by atoms with van der Waals surface area (Å²) in [6, 6.07) is 0. The molecule has 0 aromatic carbocycles. The standard InChI is InChI=1S/12Ni.5H3P.12Zn/h;;;;;;;;;;;;5*1H3;;;;;;;;;;;;. The van der Waals surface area contributed by atoms with Gasteiger partial charge in [0, 0.05) is 432 Å². The van der Waals surface area contributed by atoms with E-state index in [1.807, 2.05) is 0 Å². The summed E-state index contributed by atoms with van der Waals surface area (Å²) in [6.45, 7) is 0. The van der Waals surface area contributed by atoms with Crippen molar-refractivity contribution in [3.8, 4) is 0 Å². The quantitative estimate of drug-likeness (QED) is 0.241. The largest absolute Gasteiger partial charge is 0.153 e. The van der Waals surface area contributed by atoms with Gasteiger partial charge in [0.15, 0.2) is 0 Å². The second-order valence-electron chi connectivity index (χ2n) is 0. The van der Waals surface area contributed by atoms with Crippen molar-refractivity contribution in [2.75, 3.05) is 0 Å². The van der Waals surface area contributed by atoms with E-state index in [-0.39, 0.29) is 481 Å². The molecule has 5 atom stereocenters. The summed E-state index contributed by atoms with van der Waals surface area (Å²) in [7, 11) is 0. The van der Waals surface area contributed by atoms with Crippen LogP contribution < -0.4 is 0 Å². The van der Waals surface area contributed by atoms with Crippen LogP contribution in [-0.4, -0.2) is 0 Å². The van der Waals surface area contributed by atoms with Crippen LogP contribution in [0.25, 0.3) is 0 Å². The normalized spacial score (nSPS) is 0. The zero-order valence-electron chi connectivity index (χ0n) is 15.8. The summed E-state index contributed by atoms with van der Waals surface area (Å²) in [5.74, 6) is 0. The molecule has 0 heterocycles. The Kier molecular flexibility index (Phi) is 3930.